The van der Waals surface area contributed by atoms with Crippen molar-refractivity contribution in [1.29, 1.82) is 0 Å². The summed E-state index contributed by atoms with van der Waals surface area (Å²) in [5.74, 6) is -0.897. The maximum Gasteiger partial charge on any atom is 0.246 e. The summed E-state index contributed by atoms with van der Waals surface area (Å²) in [7, 11) is 1.60. The van der Waals surface area contributed by atoms with Crippen LogP contribution >= 0.6 is 11.6 Å². The second-order valence-electron chi connectivity index (χ2n) is 4.98. The SMILES string of the molecule is C[C@H]1C(=O)N(Cc2cccc(Cl)c2F)[C@@H](C)C(=O)N1C. The summed E-state index contributed by atoms with van der Waals surface area (Å²) >= 11 is 5.73. The Hall–Kier alpha value is -1.62. The topological polar surface area (TPSA) is 40.6 Å². The number of rotatable bonds is 2. The molecule has 0 aliphatic carbocycles. The molecule has 2 amide bonds. The van der Waals surface area contributed by atoms with Crippen molar-refractivity contribution < 1.29 is 14.0 Å². The zero-order valence-corrected chi connectivity index (χ0v) is 12.3. The number of amides is 2. The van der Waals surface area contributed by atoms with Crippen LogP contribution in [0.15, 0.2) is 18.2 Å². The minimum Gasteiger partial charge on any atom is -0.332 e. The van der Waals surface area contributed by atoms with Crippen molar-refractivity contribution in [3.05, 3.63) is 34.6 Å². The summed E-state index contributed by atoms with van der Waals surface area (Å²) in [6.45, 7) is 3.34. The molecule has 0 unspecified atom stereocenters. The summed E-state index contributed by atoms with van der Waals surface area (Å²) in [5, 5.41) is 0.0103. The molecule has 1 fully saturated rings. The molecule has 1 aliphatic rings. The molecule has 1 aromatic carbocycles. The molecule has 1 saturated heterocycles. The molecule has 1 aromatic rings. The van der Waals surface area contributed by atoms with E-state index in [0.29, 0.717) is 5.56 Å². The van der Waals surface area contributed by atoms with Crippen molar-refractivity contribution in [3.8, 4) is 0 Å². The standard InChI is InChI=1S/C14H16ClFN2O2/c1-8-14(20)18(9(2)13(19)17(8)3)7-10-5-4-6-11(15)12(10)16/h4-6,8-9H,7H2,1-3H3/t8-,9-/m0/s1. The van der Waals surface area contributed by atoms with Crippen molar-refractivity contribution in [2.24, 2.45) is 0 Å². The number of hydrogen-bond donors (Lipinski definition) is 0. The second kappa shape index (κ2) is 5.40. The highest BCUT2D eigenvalue weighted by Crippen LogP contribution is 2.23. The van der Waals surface area contributed by atoms with Gasteiger partial charge in [0.1, 0.15) is 17.9 Å². The minimum absolute atomic E-state index is 0.0103. The van der Waals surface area contributed by atoms with Gasteiger partial charge in [0.05, 0.1) is 5.02 Å². The fourth-order valence-electron chi connectivity index (χ4n) is 2.28. The molecule has 0 saturated carbocycles. The third kappa shape index (κ3) is 2.38. The highest BCUT2D eigenvalue weighted by Gasteiger charge is 2.39. The molecule has 0 aromatic heterocycles. The highest BCUT2D eigenvalue weighted by atomic mass is 35.5. The van der Waals surface area contributed by atoms with E-state index in [9.17, 15) is 14.0 Å². The Kier molecular flexibility index (Phi) is 3.99. The van der Waals surface area contributed by atoms with E-state index in [1.54, 1.807) is 33.0 Å². The average Bonchev–Trinajstić information content (AvgIpc) is 2.43. The third-order valence-electron chi connectivity index (χ3n) is 3.77. The van der Waals surface area contributed by atoms with Crippen molar-refractivity contribution in [1.82, 2.24) is 9.80 Å². The molecular formula is C14H16ClFN2O2. The van der Waals surface area contributed by atoms with E-state index in [2.05, 4.69) is 0 Å². The molecule has 1 heterocycles. The fraction of sp³-hybridized carbons (Fsp3) is 0.429. The Balaban J connectivity index is 2.30. The summed E-state index contributed by atoms with van der Waals surface area (Å²) in [6, 6.07) is 3.48. The van der Waals surface area contributed by atoms with Gasteiger partial charge >= 0.3 is 0 Å². The number of carbonyl (C=O) groups is 2. The van der Waals surface area contributed by atoms with Crippen LogP contribution in [0.2, 0.25) is 5.02 Å². The second-order valence-corrected chi connectivity index (χ2v) is 5.39. The van der Waals surface area contributed by atoms with Crippen LogP contribution in [0, 0.1) is 5.82 Å². The van der Waals surface area contributed by atoms with Crippen molar-refractivity contribution >= 4 is 23.4 Å². The van der Waals surface area contributed by atoms with E-state index < -0.39 is 17.9 Å². The molecule has 0 spiro atoms. The van der Waals surface area contributed by atoms with Crippen LogP contribution < -0.4 is 0 Å². The summed E-state index contributed by atoms with van der Waals surface area (Å²) in [5.41, 5.74) is 0.308. The molecule has 1 aliphatic heterocycles. The maximum atomic E-state index is 13.9. The van der Waals surface area contributed by atoms with E-state index in [1.165, 1.54) is 15.9 Å². The lowest BCUT2D eigenvalue weighted by Crippen LogP contribution is -2.61. The fourth-order valence-corrected chi connectivity index (χ4v) is 2.48. The van der Waals surface area contributed by atoms with Crippen LogP contribution in [-0.4, -0.2) is 40.7 Å². The van der Waals surface area contributed by atoms with Crippen molar-refractivity contribution in [2.75, 3.05) is 7.05 Å². The van der Waals surface area contributed by atoms with Gasteiger partial charge in [-0.2, -0.15) is 0 Å². The Morgan fingerprint density at radius 1 is 1.20 bits per heavy atom. The van der Waals surface area contributed by atoms with Crippen LogP contribution in [0.4, 0.5) is 4.39 Å². The van der Waals surface area contributed by atoms with Gasteiger partial charge in [0, 0.05) is 19.2 Å². The maximum absolute atomic E-state index is 13.9. The molecule has 2 atom stereocenters. The number of nitrogens with zero attached hydrogens (tertiary/aromatic N) is 2. The smallest absolute Gasteiger partial charge is 0.246 e. The van der Waals surface area contributed by atoms with Crippen molar-refractivity contribution in [3.63, 3.8) is 0 Å². The highest BCUT2D eigenvalue weighted by molar-refractivity contribution is 6.30. The van der Waals surface area contributed by atoms with E-state index >= 15 is 0 Å². The molecule has 2 rings (SSSR count). The number of halogens is 2. The van der Waals surface area contributed by atoms with Crippen LogP contribution in [-0.2, 0) is 16.1 Å². The Morgan fingerprint density at radius 3 is 2.50 bits per heavy atom. The number of likely N-dealkylation sites (N-methyl/N-ethyl adjacent to an activating group) is 1. The molecule has 108 valence electrons. The first-order chi connectivity index (χ1) is 9.34. The van der Waals surface area contributed by atoms with Crippen LogP contribution in [0.5, 0.6) is 0 Å². The Morgan fingerprint density at radius 2 is 1.85 bits per heavy atom. The van der Waals surface area contributed by atoms with Gasteiger partial charge in [-0.1, -0.05) is 23.7 Å². The summed E-state index contributed by atoms with van der Waals surface area (Å²) in [4.78, 5) is 27.1. The van der Waals surface area contributed by atoms with Crippen molar-refractivity contribution in [2.45, 2.75) is 32.5 Å². The predicted octanol–water partition coefficient (Wildman–Crippen LogP) is 2.06. The number of piperazine rings is 1. The summed E-state index contributed by atoms with van der Waals surface area (Å²) in [6.07, 6.45) is 0. The Bertz CT molecular complexity index is 564. The van der Waals surface area contributed by atoms with Gasteiger partial charge in [-0.3, -0.25) is 9.59 Å². The van der Waals surface area contributed by atoms with E-state index in [1.807, 2.05) is 0 Å². The van der Waals surface area contributed by atoms with E-state index in [4.69, 9.17) is 11.6 Å². The van der Waals surface area contributed by atoms with Gasteiger partial charge in [-0.15, -0.1) is 0 Å². The monoisotopic (exact) mass is 298 g/mol. The molecule has 0 radical (unpaired) electrons. The first-order valence-corrected chi connectivity index (χ1v) is 6.72. The normalized spacial score (nSPS) is 23.4. The Labute approximate surface area is 122 Å². The first-order valence-electron chi connectivity index (χ1n) is 6.34. The molecule has 0 N–H and O–H groups in total. The largest absolute Gasteiger partial charge is 0.332 e. The predicted molar refractivity (Wildman–Crippen MR) is 73.7 cm³/mol. The van der Waals surface area contributed by atoms with Crippen LogP contribution in [0.3, 0.4) is 0 Å². The van der Waals surface area contributed by atoms with Gasteiger partial charge in [0.2, 0.25) is 11.8 Å². The average molecular weight is 299 g/mol. The van der Waals surface area contributed by atoms with Crippen LogP contribution in [0.25, 0.3) is 0 Å². The number of carbonyl (C=O) groups excluding carboxylic acids is 2. The van der Waals surface area contributed by atoms with Gasteiger partial charge in [0.15, 0.2) is 0 Å². The lowest BCUT2D eigenvalue weighted by atomic mass is 10.1. The van der Waals surface area contributed by atoms with E-state index in [0.717, 1.165) is 0 Å². The molecule has 4 nitrogen and oxygen atoms in total. The van der Waals surface area contributed by atoms with Gasteiger partial charge in [-0.05, 0) is 19.9 Å². The third-order valence-corrected chi connectivity index (χ3v) is 4.06. The lowest BCUT2D eigenvalue weighted by molar-refractivity contribution is -0.159. The van der Waals surface area contributed by atoms with E-state index in [-0.39, 0.29) is 23.4 Å². The van der Waals surface area contributed by atoms with Crippen LogP contribution in [0.1, 0.15) is 19.4 Å². The number of hydrogen-bond acceptors (Lipinski definition) is 2. The molecular weight excluding hydrogens is 283 g/mol. The molecule has 0 bridgehead atoms. The zero-order valence-electron chi connectivity index (χ0n) is 11.6. The zero-order chi connectivity index (χ0) is 15.0. The lowest BCUT2D eigenvalue weighted by Gasteiger charge is -2.41. The minimum atomic E-state index is -0.609. The van der Waals surface area contributed by atoms with Gasteiger partial charge < -0.3 is 9.80 Å². The van der Waals surface area contributed by atoms with Gasteiger partial charge in [0.25, 0.3) is 0 Å². The number of benzene rings is 1. The van der Waals surface area contributed by atoms with Gasteiger partial charge in [-0.25, -0.2) is 4.39 Å². The quantitative estimate of drug-likeness (QED) is 0.838. The summed E-state index contributed by atoms with van der Waals surface area (Å²) < 4.78 is 13.9. The molecule has 20 heavy (non-hydrogen) atoms. The molecule has 6 heteroatoms. The first kappa shape index (κ1) is 14.8.